The van der Waals surface area contributed by atoms with Gasteiger partial charge in [0, 0.05) is 12.6 Å². The Bertz CT molecular complexity index is 1050. The zero-order valence-corrected chi connectivity index (χ0v) is 16.7. The minimum absolute atomic E-state index is 0.0449. The number of amides is 1. The number of hydrogen-bond donors (Lipinski definition) is 2. The Morgan fingerprint density at radius 3 is 2.71 bits per heavy atom. The Kier molecular flexibility index (Phi) is 6.01. The standard InChI is InChI=1S/C19H17ClN4O3S/c1-11-4-3-5-12(8-11)17-22-23-19(24(17)2)28-10-16(25)21-15-9-13(18(26)27)6-7-14(15)20/h3-9H,10H2,1-2H3,(H,21,25)(H,26,27). The zero-order valence-electron chi connectivity index (χ0n) is 15.1. The van der Waals surface area contributed by atoms with Crippen molar-refractivity contribution >= 4 is 40.9 Å². The molecule has 0 aliphatic heterocycles. The highest BCUT2D eigenvalue weighted by Crippen LogP contribution is 2.25. The van der Waals surface area contributed by atoms with Crippen molar-refractivity contribution < 1.29 is 14.7 Å². The molecule has 0 aliphatic rings. The van der Waals surface area contributed by atoms with E-state index in [1.165, 1.54) is 30.0 Å². The van der Waals surface area contributed by atoms with E-state index < -0.39 is 5.97 Å². The Morgan fingerprint density at radius 2 is 2.00 bits per heavy atom. The first-order chi connectivity index (χ1) is 13.3. The van der Waals surface area contributed by atoms with Crippen molar-refractivity contribution in [2.75, 3.05) is 11.1 Å². The van der Waals surface area contributed by atoms with Crippen molar-refractivity contribution in [2.24, 2.45) is 7.05 Å². The van der Waals surface area contributed by atoms with E-state index in [0.29, 0.717) is 11.0 Å². The summed E-state index contributed by atoms with van der Waals surface area (Å²) < 4.78 is 1.82. The molecule has 9 heteroatoms. The summed E-state index contributed by atoms with van der Waals surface area (Å²) in [6.07, 6.45) is 0. The first-order valence-corrected chi connectivity index (χ1v) is 9.63. The maximum absolute atomic E-state index is 12.3. The van der Waals surface area contributed by atoms with Gasteiger partial charge in [-0.3, -0.25) is 4.79 Å². The average Bonchev–Trinajstić information content (AvgIpc) is 3.02. The SMILES string of the molecule is Cc1cccc(-c2nnc(SCC(=O)Nc3cc(C(=O)O)ccc3Cl)n2C)c1. The molecule has 1 aromatic heterocycles. The van der Waals surface area contributed by atoms with Crippen LogP contribution in [0, 0.1) is 6.92 Å². The first kappa shape index (κ1) is 19.9. The molecule has 0 saturated heterocycles. The number of benzene rings is 2. The molecule has 1 amide bonds. The van der Waals surface area contributed by atoms with E-state index in [1.54, 1.807) is 0 Å². The van der Waals surface area contributed by atoms with Crippen molar-refractivity contribution in [3.63, 3.8) is 0 Å². The number of anilines is 1. The molecule has 7 nitrogen and oxygen atoms in total. The third-order valence-electron chi connectivity index (χ3n) is 3.93. The smallest absolute Gasteiger partial charge is 0.335 e. The van der Waals surface area contributed by atoms with Gasteiger partial charge < -0.3 is 15.0 Å². The maximum atomic E-state index is 12.3. The lowest BCUT2D eigenvalue weighted by molar-refractivity contribution is -0.113. The lowest BCUT2D eigenvalue weighted by Crippen LogP contribution is -2.15. The van der Waals surface area contributed by atoms with Gasteiger partial charge in [0.2, 0.25) is 5.91 Å². The molecule has 0 spiro atoms. The lowest BCUT2D eigenvalue weighted by Gasteiger charge is -2.08. The number of aromatic carboxylic acids is 1. The van der Waals surface area contributed by atoms with Crippen molar-refractivity contribution in [3.8, 4) is 11.4 Å². The minimum atomic E-state index is -1.09. The van der Waals surface area contributed by atoms with Gasteiger partial charge >= 0.3 is 5.97 Å². The van der Waals surface area contributed by atoms with Crippen LogP contribution in [-0.4, -0.2) is 37.5 Å². The number of carboxylic acids is 1. The molecule has 2 N–H and O–H groups in total. The molecule has 0 unspecified atom stereocenters. The molecule has 0 atom stereocenters. The van der Waals surface area contributed by atoms with Crippen molar-refractivity contribution in [3.05, 3.63) is 58.6 Å². The van der Waals surface area contributed by atoms with Gasteiger partial charge in [-0.15, -0.1) is 10.2 Å². The number of carbonyl (C=O) groups is 2. The Morgan fingerprint density at radius 1 is 1.21 bits per heavy atom. The number of rotatable bonds is 6. The van der Waals surface area contributed by atoms with Gasteiger partial charge in [-0.2, -0.15) is 0 Å². The summed E-state index contributed by atoms with van der Waals surface area (Å²) in [6.45, 7) is 2.00. The average molecular weight is 417 g/mol. The topological polar surface area (TPSA) is 97.1 Å². The van der Waals surface area contributed by atoms with E-state index in [1.807, 2.05) is 42.8 Å². The number of carbonyl (C=O) groups excluding carboxylic acids is 1. The summed E-state index contributed by atoms with van der Waals surface area (Å²) in [5.41, 5.74) is 2.37. The van der Waals surface area contributed by atoms with E-state index in [9.17, 15) is 9.59 Å². The van der Waals surface area contributed by atoms with E-state index in [4.69, 9.17) is 16.7 Å². The second kappa shape index (κ2) is 8.45. The van der Waals surface area contributed by atoms with E-state index >= 15 is 0 Å². The highest BCUT2D eigenvalue weighted by molar-refractivity contribution is 7.99. The van der Waals surface area contributed by atoms with Gasteiger partial charge in [0.05, 0.1) is 22.0 Å². The fraction of sp³-hybridized carbons (Fsp3) is 0.158. The van der Waals surface area contributed by atoms with Gasteiger partial charge in [0.1, 0.15) is 0 Å². The number of hydrogen-bond acceptors (Lipinski definition) is 5. The number of halogens is 1. The minimum Gasteiger partial charge on any atom is -0.478 e. The van der Waals surface area contributed by atoms with Crippen LogP contribution < -0.4 is 5.32 Å². The number of carboxylic acid groups (broad SMARTS) is 1. The van der Waals surface area contributed by atoms with Crippen LogP contribution in [0.5, 0.6) is 0 Å². The third-order valence-corrected chi connectivity index (χ3v) is 5.28. The van der Waals surface area contributed by atoms with Crippen LogP contribution in [0.3, 0.4) is 0 Å². The van der Waals surface area contributed by atoms with Gasteiger partial charge in [-0.05, 0) is 31.2 Å². The second-order valence-corrected chi connectivity index (χ2v) is 7.42. The Hall–Kier alpha value is -2.84. The lowest BCUT2D eigenvalue weighted by atomic mass is 10.1. The molecule has 3 aromatic rings. The van der Waals surface area contributed by atoms with Gasteiger partial charge in [-0.1, -0.05) is 47.1 Å². The van der Waals surface area contributed by atoms with Crippen LogP contribution >= 0.6 is 23.4 Å². The third kappa shape index (κ3) is 4.52. The second-order valence-electron chi connectivity index (χ2n) is 6.07. The van der Waals surface area contributed by atoms with Crippen molar-refractivity contribution in [2.45, 2.75) is 12.1 Å². The molecular formula is C19H17ClN4O3S. The van der Waals surface area contributed by atoms with E-state index in [2.05, 4.69) is 15.5 Å². The van der Waals surface area contributed by atoms with Gasteiger partial charge in [0.15, 0.2) is 11.0 Å². The molecule has 0 saturated carbocycles. The van der Waals surface area contributed by atoms with Crippen molar-refractivity contribution in [1.29, 1.82) is 0 Å². The molecule has 0 radical (unpaired) electrons. The van der Waals surface area contributed by atoms with Gasteiger partial charge in [0.25, 0.3) is 0 Å². The molecule has 0 fully saturated rings. The van der Waals surface area contributed by atoms with Crippen LogP contribution in [-0.2, 0) is 11.8 Å². The highest BCUT2D eigenvalue weighted by atomic mass is 35.5. The maximum Gasteiger partial charge on any atom is 0.335 e. The Balaban J connectivity index is 1.67. The highest BCUT2D eigenvalue weighted by Gasteiger charge is 2.14. The largest absolute Gasteiger partial charge is 0.478 e. The van der Waals surface area contributed by atoms with Crippen LogP contribution in [0.2, 0.25) is 5.02 Å². The molecule has 0 bridgehead atoms. The summed E-state index contributed by atoms with van der Waals surface area (Å²) in [5, 5.41) is 20.9. The number of nitrogens with zero attached hydrogens (tertiary/aromatic N) is 3. The first-order valence-electron chi connectivity index (χ1n) is 8.27. The quantitative estimate of drug-likeness (QED) is 0.592. The van der Waals surface area contributed by atoms with Crippen LogP contribution in [0.1, 0.15) is 15.9 Å². The van der Waals surface area contributed by atoms with E-state index in [-0.39, 0.29) is 27.9 Å². The predicted octanol–water partition coefficient (Wildman–Crippen LogP) is 3.87. The number of nitrogens with one attached hydrogen (secondary N) is 1. The van der Waals surface area contributed by atoms with Crippen LogP contribution in [0.4, 0.5) is 5.69 Å². The monoisotopic (exact) mass is 416 g/mol. The van der Waals surface area contributed by atoms with Gasteiger partial charge in [-0.25, -0.2) is 4.79 Å². The molecule has 0 aliphatic carbocycles. The van der Waals surface area contributed by atoms with E-state index in [0.717, 1.165) is 11.1 Å². The number of aromatic nitrogens is 3. The molecule has 144 valence electrons. The fourth-order valence-electron chi connectivity index (χ4n) is 2.55. The van der Waals surface area contributed by atoms with Crippen LogP contribution in [0.15, 0.2) is 47.6 Å². The van der Waals surface area contributed by atoms with Crippen LogP contribution in [0.25, 0.3) is 11.4 Å². The zero-order chi connectivity index (χ0) is 20.3. The molecule has 2 aromatic carbocycles. The fourth-order valence-corrected chi connectivity index (χ4v) is 3.42. The summed E-state index contributed by atoms with van der Waals surface area (Å²) in [4.78, 5) is 23.3. The Labute approximate surface area is 170 Å². The number of aryl methyl sites for hydroxylation is 1. The summed E-state index contributed by atoms with van der Waals surface area (Å²) >= 11 is 7.26. The summed E-state index contributed by atoms with van der Waals surface area (Å²) in [6, 6.07) is 12.1. The normalized spacial score (nSPS) is 10.7. The molecular weight excluding hydrogens is 400 g/mol. The molecule has 1 heterocycles. The predicted molar refractivity (Wildman–Crippen MR) is 109 cm³/mol. The summed E-state index contributed by atoms with van der Waals surface area (Å²) in [7, 11) is 1.84. The molecule has 3 rings (SSSR count). The summed E-state index contributed by atoms with van der Waals surface area (Å²) in [5.74, 6) is -0.629. The van der Waals surface area contributed by atoms with Crippen molar-refractivity contribution in [1.82, 2.24) is 14.8 Å². The number of thioether (sulfide) groups is 1. The molecule has 28 heavy (non-hydrogen) atoms.